The highest BCUT2D eigenvalue weighted by atomic mass is 16.2. The number of nitrogens with two attached hydrogens (primary N) is 1. The van der Waals surface area contributed by atoms with Crippen LogP contribution >= 0.6 is 0 Å². The summed E-state index contributed by atoms with van der Waals surface area (Å²) in [6.45, 7) is 0. The summed E-state index contributed by atoms with van der Waals surface area (Å²) < 4.78 is 0. The molecule has 0 aliphatic rings. The highest BCUT2D eigenvalue weighted by molar-refractivity contribution is 5.98. The van der Waals surface area contributed by atoms with E-state index in [9.17, 15) is 9.59 Å². The van der Waals surface area contributed by atoms with E-state index in [1.165, 1.54) is 0 Å². The van der Waals surface area contributed by atoms with Crippen molar-refractivity contribution >= 4 is 11.7 Å². The summed E-state index contributed by atoms with van der Waals surface area (Å²) in [5.41, 5.74) is 10.8. The van der Waals surface area contributed by atoms with Gasteiger partial charge in [-0.05, 0) is 0 Å². The number of rotatable bonds is 1. The number of hydrogen-bond donors (Lipinski definition) is 3. The predicted molar refractivity (Wildman–Crippen MR) is 40.9 cm³/mol. The lowest BCUT2D eigenvalue weighted by atomic mass is 10.3. The SMILES string of the molecule is N=[N+]=NC(=O)c1cnc(=O)[nH]c1N. The van der Waals surface area contributed by atoms with Gasteiger partial charge < -0.3 is 5.73 Å². The number of hydrogen-bond acceptors (Lipinski definition) is 5. The molecule has 0 atom stereocenters. The van der Waals surface area contributed by atoms with Crippen LogP contribution in [0.4, 0.5) is 5.82 Å². The summed E-state index contributed by atoms with van der Waals surface area (Å²) in [4.78, 5) is 29.4. The van der Waals surface area contributed by atoms with Crippen LogP contribution in [-0.2, 0) is 0 Å². The molecular weight excluding hydrogens is 176 g/mol. The largest absolute Gasteiger partial charge is 0.384 e. The van der Waals surface area contributed by atoms with Crippen molar-refractivity contribution < 1.29 is 4.79 Å². The van der Waals surface area contributed by atoms with Crippen LogP contribution in [0, 0.1) is 5.53 Å². The van der Waals surface area contributed by atoms with Gasteiger partial charge in [-0.25, -0.2) is 9.78 Å². The molecule has 66 valence electrons. The number of nitrogens with one attached hydrogen (secondary N) is 2. The molecule has 0 aliphatic heterocycles. The van der Waals surface area contributed by atoms with Gasteiger partial charge in [-0.2, -0.15) is 0 Å². The summed E-state index contributed by atoms with van der Waals surface area (Å²) in [5, 5.41) is 2.90. The van der Waals surface area contributed by atoms with Crippen molar-refractivity contribution in [3.8, 4) is 0 Å². The van der Waals surface area contributed by atoms with Crippen molar-refractivity contribution in [1.29, 1.82) is 5.53 Å². The van der Waals surface area contributed by atoms with E-state index in [0.29, 0.717) is 0 Å². The number of aromatic amines is 1. The van der Waals surface area contributed by atoms with Gasteiger partial charge in [-0.1, -0.05) is 0 Å². The number of carbonyl (C=O) groups excluding carboxylic acids is 1. The van der Waals surface area contributed by atoms with Crippen molar-refractivity contribution in [3.05, 3.63) is 22.2 Å². The van der Waals surface area contributed by atoms with Crippen molar-refractivity contribution in [3.63, 3.8) is 0 Å². The minimum Gasteiger partial charge on any atom is -0.384 e. The van der Waals surface area contributed by atoms with Crippen molar-refractivity contribution in [2.75, 3.05) is 5.73 Å². The highest BCUT2D eigenvalue weighted by Gasteiger charge is 2.14. The summed E-state index contributed by atoms with van der Waals surface area (Å²) in [6.07, 6.45) is 0.977. The van der Waals surface area contributed by atoms with Gasteiger partial charge in [0, 0.05) is 6.20 Å². The van der Waals surface area contributed by atoms with Gasteiger partial charge in [0.15, 0.2) is 0 Å². The molecule has 13 heavy (non-hydrogen) atoms. The zero-order chi connectivity index (χ0) is 9.84. The van der Waals surface area contributed by atoms with Crippen LogP contribution in [0.3, 0.4) is 0 Å². The van der Waals surface area contributed by atoms with Gasteiger partial charge in [-0.3, -0.25) is 9.78 Å². The second-order valence-electron chi connectivity index (χ2n) is 2.02. The Morgan fingerprint density at radius 3 is 3.00 bits per heavy atom. The maximum Gasteiger partial charge on any atom is 0.365 e. The standard InChI is InChI=1S/C5H4N6O2/c6-3-2(4(12)10-11-7)1-8-5(13)9-3/h1,7H,(H2-,6,8,9,12,13)/p+1. The van der Waals surface area contributed by atoms with E-state index >= 15 is 0 Å². The molecule has 0 saturated heterocycles. The molecular formula is C5H5N6O2+. The molecule has 0 unspecified atom stereocenters. The summed E-state index contributed by atoms with van der Waals surface area (Å²) in [5.74, 6) is -0.964. The summed E-state index contributed by atoms with van der Waals surface area (Å²) >= 11 is 0. The number of nitrogen functional groups attached to an aromatic ring is 1. The molecule has 0 fully saturated rings. The molecule has 1 aromatic rings. The van der Waals surface area contributed by atoms with Crippen LogP contribution in [0.15, 0.2) is 16.1 Å². The minimum absolute atomic E-state index is 0.0874. The maximum atomic E-state index is 11.0. The predicted octanol–water partition coefficient (Wildman–Crippen LogP) is -0.957. The van der Waals surface area contributed by atoms with E-state index in [-0.39, 0.29) is 11.4 Å². The Bertz CT molecular complexity index is 443. The van der Waals surface area contributed by atoms with Crippen molar-refractivity contribution in [2.45, 2.75) is 0 Å². The van der Waals surface area contributed by atoms with E-state index in [0.717, 1.165) is 6.20 Å². The third kappa shape index (κ3) is 1.82. The zero-order valence-electron chi connectivity index (χ0n) is 6.31. The molecule has 0 radical (unpaired) electrons. The topological polar surface area (TPSA) is 139 Å². The van der Waals surface area contributed by atoms with E-state index < -0.39 is 11.6 Å². The van der Waals surface area contributed by atoms with Gasteiger partial charge in [-0.15, -0.1) is 0 Å². The lowest BCUT2D eigenvalue weighted by Gasteiger charge is -1.94. The number of carbonyl (C=O) groups is 1. The van der Waals surface area contributed by atoms with Crippen LogP contribution in [-0.4, -0.2) is 15.9 Å². The zero-order valence-corrected chi connectivity index (χ0v) is 6.31. The number of H-pyrrole nitrogens is 1. The maximum absolute atomic E-state index is 11.0. The summed E-state index contributed by atoms with van der Waals surface area (Å²) in [6, 6.07) is 0. The smallest absolute Gasteiger partial charge is 0.365 e. The van der Waals surface area contributed by atoms with Crippen LogP contribution in [0.1, 0.15) is 10.4 Å². The fourth-order valence-corrected chi connectivity index (χ4v) is 0.677. The van der Waals surface area contributed by atoms with E-state index in [2.05, 4.69) is 20.0 Å². The van der Waals surface area contributed by atoms with Gasteiger partial charge in [0.25, 0.3) is 0 Å². The third-order valence-electron chi connectivity index (χ3n) is 1.21. The van der Waals surface area contributed by atoms with Crippen molar-refractivity contribution in [2.24, 2.45) is 5.11 Å². The average Bonchev–Trinajstić information content (AvgIpc) is 2.04. The molecule has 1 rings (SSSR count). The quantitative estimate of drug-likeness (QED) is 0.379. The van der Waals surface area contributed by atoms with Crippen LogP contribution in [0.25, 0.3) is 0 Å². The minimum atomic E-state index is -0.823. The van der Waals surface area contributed by atoms with Gasteiger partial charge >= 0.3 is 11.6 Å². The van der Waals surface area contributed by atoms with E-state index in [1.807, 2.05) is 0 Å². The molecule has 1 amide bonds. The van der Waals surface area contributed by atoms with Crippen LogP contribution < -0.4 is 16.3 Å². The number of aromatic nitrogens is 2. The number of amides is 1. The average molecular weight is 181 g/mol. The van der Waals surface area contributed by atoms with E-state index in [4.69, 9.17) is 11.3 Å². The Labute approximate surface area is 71.0 Å². The van der Waals surface area contributed by atoms with E-state index in [1.54, 1.807) is 0 Å². The summed E-state index contributed by atoms with van der Waals surface area (Å²) in [7, 11) is 0. The van der Waals surface area contributed by atoms with Crippen LogP contribution in [0.2, 0.25) is 0 Å². The second-order valence-corrected chi connectivity index (χ2v) is 2.02. The normalized spacial score (nSPS) is 8.92. The Morgan fingerprint density at radius 2 is 2.46 bits per heavy atom. The first kappa shape index (κ1) is 8.75. The molecule has 0 aliphatic carbocycles. The Kier molecular flexibility index (Phi) is 2.27. The first-order valence-corrected chi connectivity index (χ1v) is 3.11. The van der Waals surface area contributed by atoms with Crippen LogP contribution in [0.5, 0.6) is 0 Å². The molecule has 1 aromatic heterocycles. The van der Waals surface area contributed by atoms with Gasteiger partial charge in [0.05, 0.1) is 0 Å². The molecule has 0 aromatic carbocycles. The number of nitrogens with zero attached hydrogens (tertiary/aromatic N) is 3. The monoisotopic (exact) mass is 181 g/mol. The fraction of sp³-hybridized carbons (Fsp3) is 0. The molecule has 4 N–H and O–H groups in total. The molecule has 0 bridgehead atoms. The number of anilines is 1. The Hall–Kier alpha value is -2.34. The molecule has 1 heterocycles. The lowest BCUT2D eigenvalue weighted by Crippen LogP contribution is -2.15. The van der Waals surface area contributed by atoms with Gasteiger partial charge in [0.2, 0.25) is 10.0 Å². The molecule has 8 heteroatoms. The van der Waals surface area contributed by atoms with Gasteiger partial charge in [0.1, 0.15) is 16.9 Å². The fourth-order valence-electron chi connectivity index (χ4n) is 0.677. The highest BCUT2D eigenvalue weighted by Crippen LogP contribution is 2.04. The first-order valence-electron chi connectivity index (χ1n) is 3.11. The molecule has 0 spiro atoms. The third-order valence-corrected chi connectivity index (χ3v) is 1.21. The lowest BCUT2D eigenvalue weighted by molar-refractivity contribution is 0.0992. The molecule has 0 saturated carbocycles. The van der Waals surface area contributed by atoms with Crippen molar-refractivity contribution in [1.82, 2.24) is 14.9 Å². The Morgan fingerprint density at radius 1 is 1.77 bits per heavy atom. The Balaban J connectivity index is 3.23. The first-order chi connectivity index (χ1) is 6.15. The molecule has 8 nitrogen and oxygen atoms in total. The second kappa shape index (κ2) is 3.37.